The number of H-pyrrole nitrogens is 1. The Hall–Kier alpha value is -2.20. The number of hydrogen-bond acceptors (Lipinski definition) is 3. The first-order valence-electron chi connectivity index (χ1n) is 8.33. The van der Waals surface area contributed by atoms with Crippen molar-refractivity contribution in [2.45, 2.75) is 39.3 Å². The third-order valence-corrected chi connectivity index (χ3v) is 4.62. The van der Waals surface area contributed by atoms with Crippen molar-refractivity contribution in [3.8, 4) is 0 Å². The summed E-state index contributed by atoms with van der Waals surface area (Å²) in [6.07, 6.45) is 5.18. The second-order valence-corrected chi connectivity index (χ2v) is 6.67. The third-order valence-electron chi connectivity index (χ3n) is 4.62. The van der Waals surface area contributed by atoms with Gasteiger partial charge < -0.3 is 4.98 Å². The molecular weight excluding hydrogens is 284 g/mol. The zero-order valence-corrected chi connectivity index (χ0v) is 13.7. The Morgan fingerprint density at radius 1 is 1.26 bits per heavy atom. The summed E-state index contributed by atoms with van der Waals surface area (Å²) in [6, 6.07) is 8.50. The monoisotopic (exact) mass is 306 g/mol. The van der Waals surface area contributed by atoms with Gasteiger partial charge in [0, 0.05) is 66.5 Å². The van der Waals surface area contributed by atoms with E-state index in [1.807, 2.05) is 6.20 Å². The average molecular weight is 306 g/mol. The molecule has 3 aromatic rings. The molecule has 0 saturated carbocycles. The van der Waals surface area contributed by atoms with Crippen molar-refractivity contribution in [2.75, 3.05) is 6.54 Å². The first-order chi connectivity index (χ1) is 11.2. The van der Waals surface area contributed by atoms with E-state index in [0.717, 1.165) is 31.9 Å². The molecule has 1 aliphatic heterocycles. The van der Waals surface area contributed by atoms with Crippen molar-refractivity contribution < 1.29 is 0 Å². The number of nitrogens with zero attached hydrogens (tertiary/aromatic N) is 3. The minimum Gasteiger partial charge on any atom is -0.361 e. The maximum atomic E-state index is 4.75. The lowest BCUT2D eigenvalue weighted by atomic mass is 10.1. The summed E-state index contributed by atoms with van der Waals surface area (Å²) in [5.41, 5.74) is 5.09. The molecule has 0 aliphatic carbocycles. The fourth-order valence-electron chi connectivity index (χ4n) is 3.31. The number of aromatic nitrogens is 3. The van der Waals surface area contributed by atoms with Crippen LogP contribution in [0.25, 0.3) is 10.9 Å². The van der Waals surface area contributed by atoms with Crippen molar-refractivity contribution in [3.05, 3.63) is 59.3 Å². The molecule has 1 aromatic carbocycles. The molecule has 0 spiro atoms. The number of fused-ring (bicyclic) bond motifs is 2. The first-order valence-corrected chi connectivity index (χ1v) is 8.33. The molecule has 1 N–H and O–H groups in total. The highest BCUT2D eigenvalue weighted by atomic mass is 15.1. The molecule has 2 aromatic heterocycles. The summed E-state index contributed by atoms with van der Waals surface area (Å²) in [5, 5.41) is 1.32. The smallest absolute Gasteiger partial charge is 0.131 e. The van der Waals surface area contributed by atoms with Gasteiger partial charge in [0.25, 0.3) is 0 Å². The zero-order valence-electron chi connectivity index (χ0n) is 13.7. The predicted molar refractivity (Wildman–Crippen MR) is 92.2 cm³/mol. The van der Waals surface area contributed by atoms with Gasteiger partial charge >= 0.3 is 0 Å². The van der Waals surface area contributed by atoms with Crippen LogP contribution in [0.4, 0.5) is 0 Å². The molecule has 0 amide bonds. The van der Waals surface area contributed by atoms with Crippen LogP contribution < -0.4 is 0 Å². The van der Waals surface area contributed by atoms with Crippen LogP contribution in [0.1, 0.15) is 42.4 Å². The van der Waals surface area contributed by atoms with E-state index < -0.39 is 0 Å². The van der Waals surface area contributed by atoms with Crippen LogP contribution in [0.2, 0.25) is 0 Å². The quantitative estimate of drug-likeness (QED) is 0.803. The van der Waals surface area contributed by atoms with E-state index in [0.29, 0.717) is 5.92 Å². The van der Waals surface area contributed by atoms with Gasteiger partial charge in [-0.05, 0) is 11.6 Å². The minimum absolute atomic E-state index is 0.393. The van der Waals surface area contributed by atoms with Gasteiger partial charge in [-0.3, -0.25) is 4.90 Å². The topological polar surface area (TPSA) is 44.8 Å². The first kappa shape index (κ1) is 14.4. The summed E-state index contributed by atoms with van der Waals surface area (Å²) in [4.78, 5) is 15.1. The molecular formula is C19H22N4. The van der Waals surface area contributed by atoms with Gasteiger partial charge in [0.2, 0.25) is 0 Å². The molecule has 4 heteroatoms. The number of para-hydroxylation sites is 1. The highest BCUT2D eigenvalue weighted by Gasteiger charge is 2.20. The van der Waals surface area contributed by atoms with Gasteiger partial charge in [0.1, 0.15) is 5.82 Å². The Morgan fingerprint density at radius 3 is 3.00 bits per heavy atom. The lowest BCUT2D eigenvalue weighted by Gasteiger charge is -2.28. The molecule has 0 radical (unpaired) electrons. The Kier molecular flexibility index (Phi) is 3.62. The van der Waals surface area contributed by atoms with E-state index >= 15 is 0 Å². The number of rotatable bonds is 3. The van der Waals surface area contributed by atoms with Crippen LogP contribution in [-0.2, 0) is 19.5 Å². The molecule has 4 nitrogen and oxygen atoms in total. The SMILES string of the molecule is CC(C)c1ncc2c(n1)CCN(Cc1c[nH]c3ccccc13)C2. The molecule has 0 fully saturated rings. The lowest BCUT2D eigenvalue weighted by molar-refractivity contribution is 0.243. The maximum absolute atomic E-state index is 4.75. The summed E-state index contributed by atoms with van der Waals surface area (Å²) < 4.78 is 0. The molecule has 0 unspecified atom stereocenters. The standard InChI is InChI=1S/C19H22N4/c1-13(2)19-21-10-15-12-23(8-7-17(15)22-19)11-14-9-20-18-6-4-3-5-16(14)18/h3-6,9-10,13,20H,7-8,11-12H2,1-2H3. The maximum Gasteiger partial charge on any atom is 0.131 e. The van der Waals surface area contributed by atoms with Gasteiger partial charge in [-0.15, -0.1) is 0 Å². The molecule has 23 heavy (non-hydrogen) atoms. The summed E-state index contributed by atoms with van der Waals surface area (Å²) in [6.45, 7) is 7.26. The van der Waals surface area contributed by atoms with E-state index in [9.17, 15) is 0 Å². The van der Waals surface area contributed by atoms with Crippen LogP contribution in [0.3, 0.4) is 0 Å². The van der Waals surface area contributed by atoms with Crippen LogP contribution in [0, 0.1) is 0 Å². The Morgan fingerprint density at radius 2 is 2.13 bits per heavy atom. The van der Waals surface area contributed by atoms with E-state index in [1.165, 1.54) is 27.7 Å². The van der Waals surface area contributed by atoms with Gasteiger partial charge in [0.15, 0.2) is 0 Å². The van der Waals surface area contributed by atoms with E-state index in [4.69, 9.17) is 4.98 Å². The lowest BCUT2D eigenvalue weighted by Crippen LogP contribution is -2.31. The van der Waals surface area contributed by atoms with Gasteiger partial charge in [0.05, 0.1) is 0 Å². The molecule has 3 heterocycles. The number of benzene rings is 1. The average Bonchev–Trinajstić information content (AvgIpc) is 2.97. The second-order valence-electron chi connectivity index (χ2n) is 6.67. The number of nitrogens with one attached hydrogen (secondary N) is 1. The molecule has 1 aliphatic rings. The second kappa shape index (κ2) is 5.78. The van der Waals surface area contributed by atoms with Gasteiger partial charge in [-0.1, -0.05) is 32.0 Å². The number of aromatic amines is 1. The third kappa shape index (κ3) is 2.75. The van der Waals surface area contributed by atoms with E-state index in [1.54, 1.807) is 0 Å². The summed E-state index contributed by atoms with van der Waals surface area (Å²) in [5.74, 6) is 1.36. The fourth-order valence-corrected chi connectivity index (χ4v) is 3.31. The zero-order chi connectivity index (χ0) is 15.8. The minimum atomic E-state index is 0.393. The Bertz CT molecular complexity index is 834. The van der Waals surface area contributed by atoms with Crippen LogP contribution in [0.15, 0.2) is 36.7 Å². The Balaban J connectivity index is 1.54. The van der Waals surface area contributed by atoms with Crippen molar-refractivity contribution in [3.63, 3.8) is 0 Å². The number of hydrogen-bond donors (Lipinski definition) is 1. The molecule has 118 valence electrons. The van der Waals surface area contributed by atoms with Crippen LogP contribution in [-0.4, -0.2) is 26.4 Å². The normalized spacial score (nSPS) is 15.3. The van der Waals surface area contributed by atoms with Gasteiger partial charge in [-0.2, -0.15) is 0 Å². The molecule has 0 saturated heterocycles. The molecule has 0 atom stereocenters. The van der Waals surface area contributed by atoms with Crippen molar-refractivity contribution in [1.29, 1.82) is 0 Å². The van der Waals surface area contributed by atoms with Crippen LogP contribution >= 0.6 is 0 Å². The van der Waals surface area contributed by atoms with Crippen LogP contribution in [0.5, 0.6) is 0 Å². The highest BCUT2D eigenvalue weighted by molar-refractivity contribution is 5.82. The van der Waals surface area contributed by atoms with E-state index in [2.05, 4.69) is 59.2 Å². The van der Waals surface area contributed by atoms with Crippen molar-refractivity contribution >= 4 is 10.9 Å². The molecule has 4 rings (SSSR count). The summed E-state index contributed by atoms with van der Waals surface area (Å²) in [7, 11) is 0. The largest absolute Gasteiger partial charge is 0.361 e. The summed E-state index contributed by atoms with van der Waals surface area (Å²) >= 11 is 0. The predicted octanol–water partition coefficient (Wildman–Crippen LogP) is 3.64. The van der Waals surface area contributed by atoms with Gasteiger partial charge in [-0.25, -0.2) is 9.97 Å². The Labute approximate surface area is 136 Å². The fraction of sp³-hybridized carbons (Fsp3) is 0.368. The van der Waals surface area contributed by atoms with Crippen molar-refractivity contribution in [2.24, 2.45) is 0 Å². The van der Waals surface area contributed by atoms with Crippen molar-refractivity contribution in [1.82, 2.24) is 19.9 Å². The highest BCUT2D eigenvalue weighted by Crippen LogP contribution is 2.23. The van der Waals surface area contributed by atoms with E-state index in [-0.39, 0.29) is 0 Å². The molecule has 0 bridgehead atoms.